The van der Waals surface area contributed by atoms with Gasteiger partial charge in [0.05, 0.1) is 18.2 Å². The van der Waals surface area contributed by atoms with Gasteiger partial charge in [-0.2, -0.15) is 5.26 Å². The zero-order valence-electron chi connectivity index (χ0n) is 11.2. The van der Waals surface area contributed by atoms with E-state index >= 15 is 0 Å². The molecule has 0 bridgehead atoms. The summed E-state index contributed by atoms with van der Waals surface area (Å²) in [7, 11) is 0. The quantitative estimate of drug-likeness (QED) is 0.773. The van der Waals surface area contributed by atoms with Gasteiger partial charge in [0.1, 0.15) is 11.6 Å². The summed E-state index contributed by atoms with van der Waals surface area (Å²) in [6, 6.07) is 3.78. The fourth-order valence-electron chi connectivity index (χ4n) is 1.51. The molecule has 0 spiro atoms. The Morgan fingerprint density at radius 3 is 2.47 bits per heavy atom. The van der Waals surface area contributed by atoms with Crippen LogP contribution in [0.5, 0.6) is 0 Å². The molecule has 0 aliphatic rings. The van der Waals surface area contributed by atoms with Gasteiger partial charge in [-0.15, -0.1) is 0 Å². The second-order valence-corrected chi connectivity index (χ2v) is 4.68. The lowest BCUT2D eigenvalue weighted by Crippen LogP contribution is -2.21. The van der Waals surface area contributed by atoms with Crippen molar-refractivity contribution in [3.8, 4) is 6.07 Å². The molecule has 1 aromatic carbocycles. The molecule has 0 saturated heterocycles. The minimum absolute atomic E-state index is 0.0148. The van der Waals surface area contributed by atoms with Gasteiger partial charge in [0.2, 0.25) is 0 Å². The second-order valence-electron chi connectivity index (χ2n) is 4.68. The maximum atomic E-state index is 13.5. The van der Waals surface area contributed by atoms with Crippen molar-refractivity contribution in [3.05, 3.63) is 34.9 Å². The largest absolute Gasteiger partial charge is 0.380 e. The van der Waals surface area contributed by atoms with Crippen LogP contribution in [0.4, 0.5) is 8.78 Å². The lowest BCUT2D eigenvalue weighted by atomic mass is 10.1. The Hall–Kier alpha value is -1.51. The summed E-state index contributed by atoms with van der Waals surface area (Å²) < 4.78 is 32.4. The molecule has 19 heavy (non-hydrogen) atoms. The molecular formula is C14H18F2N2O. The molecule has 1 rings (SSSR count). The zero-order valence-corrected chi connectivity index (χ0v) is 11.2. The van der Waals surface area contributed by atoms with E-state index < -0.39 is 11.6 Å². The monoisotopic (exact) mass is 268 g/mol. The molecule has 0 unspecified atom stereocenters. The number of hydrogen-bond donors (Lipinski definition) is 1. The predicted molar refractivity (Wildman–Crippen MR) is 68.4 cm³/mol. The van der Waals surface area contributed by atoms with Crippen molar-refractivity contribution in [3.63, 3.8) is 0 Å². The van der Waals surface area contributed by atoms with E-state index in [1.165, 1.54) is 0 Å². The average Bonchev–Trinajstić information content (AvgIpc) is 2.35. The third-order valence-corrected chi connectivity index (χ3v) is 2.45. The Labute approximate surface area is 112 Å². The Morgan fingerprint density at radius 1 is 1.32 bits per heavy atom. The maximum Gasteiger partial charge on any atom is 0.131 e. The fraction of sp³-hybridized carbons (Fsp3) is 0.500. The summed E-state index contributed by atoms with van der Waals surface area (Å²) in [5, 5.41) is 11.5. The van der Waals surface area contributed by atoms with Crippen molar-refractivity contribution in [2.75, 3.05) is 19.8 Å². The third kappa shape index (κ3) is 5.33. The molecule has 5 heteroatoms. The van der Waals surface area contributed by atoms with Crippen molar-refractivity contribution in [2.24, 2.45) is 5.92 Å². The van der Waals surface area contributed by atoms with Crippen LogP contribution >= 0.6 is 0 Å². The molecule has 104 valence electrons. The number of hydrogen-bond acceptors (Lipinski definition) is 3. The third-order valence-electron chi connectivity index (χ3n) is 2.45. The first-order valence-electron chi connectivity index (χ1n) is 6.21. The molecule has 0 heterocycles. The van der Waals surface area contributed by atoms with Gasteiger partial charge in [-0.25, -0.2) is 8.78 Å². The van der Waals surface area contributed by atoms with Gasteiger partial charge in [-0.05, 0) is 18.1 Å². The standard InChI is InChI=1S/C14H18F2N2O/c1-10(2)9-19-4-3-18-8-12-13(15)5-11(7-17)6-14(12)16/h5-6,10,18H,3-4,8-9H2,1-2H3. The molecule has 0 fully saturated rings. The summed E-state index contributed by atoms with van der Waals surface area (Å²) in [5.74, 6) is -0.937. The van der Waals surface area contributed by atoms with Crippen LogP contribution < -0.4 is 5.32 Å². The molecule has 0 amide bonds. The van der Waals surface area contributed by atoms with Crippen molar-refractivity contribution < 1.29 is 13.5 Å². The summed E-state index contributed by atoms with van der Waals surface area (Å²) in [5.41, 5.74) is -0.0677. The summed E-state index contributed by atoms with van der Waals surface area (Å²) >= 11 is 0. The smallest absolute Gasteiger partial charge is 0.131 e. The highest BCUT2D eigenvalue weighted by Crippen LogP contribution is 2.14. The van der Waals surface area contributed by atoms with E-state index in [4.69, 9.17) is 10.00 Å². The highest BCUT2D eigenvalue weighted by molar-refractivity contribution is 5.34. The molecule has 0 aliphatic heterocycles. The van der Waals surface area contributed by atoms with Crippen LogP contribution in [0.25, 0.3) is 0 Å². The number of halogens is 2. The summed E-state index contributed by atoms with van der Waals surface area (Å²) in [6.07, 6.45) is 0. The van der Waals surface area contributed by atoms with Crippen LogP contribution in [-0.2, 0) is 11.3 Å². The topological polar surface area (TPSA) is 45.0 Å². The summed E-state index contributed by atoms with van der Waals surface area (Å²) in [4.78, 5) is 0. The second kappa shape index (κ2) is 7.82. The van der Waals surface area contributed by atoms with Gasteiger partial charge in [-0.1, -0.05) is 13.8 Å². The molecule has 0 aliphatic carbocycles. The van der Waals surface area contributed by atoms with Crippen molar-refractivity contribution in [1.82, 2.24) is 5.32 Å². The van der Waals surface area contributed by atoms with Crippen LogP contribution in [-0.4, -0.2) is 19.8 Å². The molecular weight excluding hydrogens is 250 g/mol. The minimum Gasteiger partial charge on any atom is -0.380 e. The number of benzene rings is 1. The highest BCUT2D eigenvalue weighted by Gasteiger charge is 2.10. The van der Waals surface area contributed by atoms with E-state index in [9.17, 15) is 8.78 Å². The Morgan fingerprint density at radius 2 is 1.95 bits per heavy atom. The van der Waals surface area contributed by atoms with Crippen LogP contribution in [0.15, 0.2) is 12.1 Å². The van der Waals surface area contributed by atoms with Gasteiger partial charge in [0.25, 0.3) is 0 Å². The van der Waals surface area contributed by atoms with Crippen LogP contribution in [0, 0.1) is 28.9 Å². The van der Waals surface area contributed by atoms with Crippen LogP contribution in [0.3, 0.4) is 0 Å². The number of nitriles is 1. The van der Waals surface area contributed by atoms with Crippen molar-refractivity contribution >= 4 is 0 Å². The van der Waals surface area contributed by atoms with Crippen molar-refractivity contribution in [2.45, 2.75) is 20.4 Å². The van der Waals surface area contributed by atoms with Gasteiger partial charge in [0.15, 0.2) is 0 Å². The number of ether oxygens (including phenoxy) is 1. The first-order chi connectivity index (χ1) is 9.04. The molecule has 1 N–H and O–H groups in total. The van der Waals surface area contributed by atoms with Gasteiger partial charge in [-0.3, -0.25) is 0 Å². The predicted octanol–water partition coefficient (Wildman–Crippen LogP) is 2.60. The van der Waals surface area contributed by atoms with E-state index in [1.807, 2.05) is 0 Å². The highest BCUT2D eigenvalue weighted by atomic mass is 19.1. The van der Waals surface area contributed by atoms with Crippen LogP contribution in [0.1, 0.15) is 25.0 Å². The molecule has 0 aromatic heterocycles. The lowest BCUT2D eigenvalue weighted by molar-refractivity contribution is 0.111. The normalized spacial score (nSPS) is 10.7. The molecule has 0 radical (unpaired) electrons. The first kappa shape index (κ1) is 15.5. The van der Waals surface area contributed by atoms with Crippen molar-refractivity contribution in [1.29, 1.82) is 5.26 Å². The average molecular weight is 268 g/mol. The molecule has 1 aromatic rings. The molecule has 0 atom stereocenters. The molecule has 3 nitrogen and oxygen atoms in total. The van der Waals surface area contributed by atoms with E-state index in [-0.39, 0.29) is 17.7 Å². The number of rotatable bonds is 7. The molecule has 0 saturated carbocycles. The van der Waals surface area contributed by atoms with Gasteiger partial charge in [0, 0.05) is 25.3 Å². The van der Waals surface area contributed by atoms with E-state index in [1.54, 1.807) is 6.07 Å². The Balaban J connectivity index is 2.40. The van der Waals surface area contributed by atoms with Gasteiger partial charge >= 0.3 is 0 Å². The minimum atomic E-state index is -0.702. The van der Waals surface area contributed by atoms with Gasteiger partial charge < -0.3 is 10.1 Å². The SMILES string of the molecule is CC(C)COCCNCc1c(F)cc(C#N)cc1F. The Bertz CT molecular complexity index is 432. The van der Waals surface area contributed by atoms with E-state index in [0.717, 1.165) is 12.1 Å². The lowest BCUT2D eigenvalue weighted by Gasteiger charge is -2.09. The van der Waals surface area contributed by atoms with Crippen LogP contribution in [0.2, 0.25) is 0 Å². The number of nitrogens with one attached hydrogen (secondary N) is 1. The maximum absolute atomic E-state index is 13.5. The Kier molecular flexibility index (Phi) is 6.40. The summed E-state index contributed by atoms with van der Waals surface area (Å²) in [6.45, 7) is 5.86. The first-order valence-corrected chi connectivity index (χ1v) is 6.21. The number of nitrogens with zero attached hydrogens (tertiary/aromatic N) is 1. The fourth-order valence-corrected chi connectivity index (χ4v) is 1.51. The zero-order chi connectivity index (χ0) is 14.3. The van der Waals surface area contributed by atoms with E-state index in [2.05, 4.69) is 19.2 Å². The van der Waals surface area contributed by atoms with E-state index in [0.29, 0.717) is 25.7 Å².